The zero-order valence-corrected chi connectivity index (χ0v) is 10.5. The maximum atomic E-state index is 11.5. The smallest absolute Gasteiger partial charge is 0.350 e. The average Bonchev–Trinajstić information content (AvgIpc) is 2.80. The van der Waals surface area contributed by atoms with Gasteiger partial charge in [0.15, 0.2) is 0 Å². The molecular formula is C13H15NO4. The van der Waals surface area contributed by atoms with Crippen LogP contribution in [0.15, 0.2) is 29.4 Å². The lowest BCUT2D eigenvalue weighted by molar-refractivity contribution is -0.154. The number of methoxy groups -OCH3 is 2. The summed E-state index contributed by atoms with van der Waals surface area (Å²) in [6.45, 7) is 1.89. The minimum atomic E-state index is -0.660. The molecule has 1 aromatic rings. The molecule has 0 spiro atoms. The van der Waals surface area contributed by atoms with E-state index in [9.17, 15) is 4.79 Å². The third-order valence-corrected chi connectivity index (χ3v) is 2.97. The Morgan fingerprint density at radius 1 is 1.28 bits per heavy atom. The van der Waals surface area contributed by atoms with Gasteiger partial charge in [0.05, 0.1) is 25.8 Å². The van der Waals surface area contributed by atoms with E-state index in [-0.39, 0.29) is 5.92 Å². The van der Waals surface area contributed by atoms with Crippen LogP contribution in [0.5, 0.6) is 5.75 Å². The van der Waals surface area contributed by atoms with E-state index in [1.165, 1.54) is 7.11 Å². The molecule has 2 rings (SSSR count). The molecule has 96 valence electrons. The van der Waals surface area contributed by atoms with E-state index >= 15 is 0 Å². The summed E-state index contributed by atoms with van der Waals surface area (Å²) in [4.78, 5) is 16.6. The molecule has 1 heterocycles. The van der Waals surface area contributed by atoms with Crippen molar-refractivity contribution in [2.24, 2.45) is 11.1 Å². The van der Waals surface area contributed by atoms with Crippen LogP contribution < -0.4 is 4.74 Å². The maximum Gasteiger partial charge on any atom is 0.350 e. The predicted octanol–water partition coefficient (Wildman–Crippen LogP) is 1.61. The van der Waals surface area contributed by atoms with E-state index in [1.807, 2.05) is 31.2 Å². The SMILES string of the molecule is COC(=O)C1ON=C(c2ccc(OC)cc2)C1C. The third-order valence-electron chi connectivity index (χ3n) is 2.97. The van der Waals surface area contributed by atoms with E-state index in [4.69, 9.17) is 9.57 Å². The van der Waals surface area contributed by atoms with Crippen LogP contribution in [-0.2, 0) is 14.4 Å². The van der Waals surface area contributed by atoms with Crippen LogP contribution in [0.1, 0.15) is 12.5 Å². The average molecular weight is 249 g/mol. The highest BCUT2D eigenvalue weighted by Gasteiger charge is 2.37. The fraction of sp³-hybridized carbons (Fsp3) is 0.385. The van der Waals surface area contributed by atoms with E-state index < -0.39 is 12.1 Å². The molecular weight excluding hydrogens is 234 g/mol. The van der Waals surface area contributed by atoms with Crippen LogP contribution in [0, 0.1) is 5.92 Å². The molecule has 0 bridgehead atoms. The van der Waals surface area contributed by atoms with Crippen molar-refractivity contribution in [2.75, 3.05) is 14.2 Å². The van der Waals surface area contributed by atoms with Gasteiger partial charge in [-0.05, 0) is 24.3 Å². The van der Waals surface area contributed by atoms with Crippen LogP contribution in [-0.4, -0.2) is 32.0 Å². The Morgan fingerprint density at radius 2 is 1.94 bits per heavy atom. The van der Waals surface area contributed by atoms with Crippen molar-refractivity contribution in [3.8, 4) is 5.75 Å². The van der Waals surface area contributed by atoms with Crippen LogP contribution in [0.25, 0.3) is 0 Å². The van der Waals surface area contributed by atoms with Gasteiger partial charge in [0.1, 0.15) is 5.75 Å². The first-order chi connectivity index (χ1) is 8.67. The number of carbonyl (C=O) groups is 1. The summed E-state index contributed by atoms with van der Waals surface area (Å²) >= 11 is 0. The second-order valence-electron chi connectivity index (χ2n) is 4.04. The van der Waals surface area contributed by atoms with Crippen molar-refractivity contribution in [2.45, 2.75) is 13.0 Å². The Bertz CT molecular complexity index is 466. The summed E-state index contributed by atoms with van der Waals surface area (Å²) in [5.41, 5.74) is 1.66. The number of carbonyl (C=O) groups excluding carboxylic acids is 1. The zero-order chi connectivity index (χ0) is 13.1. The molecule has 0 aliphatic carbocycles. The summed E-state index contributed by atoms with van der Waals surface area (Å²) in [5, 5.41) is 3.97. The number of ether oxygens (including phenoxy) is 2. The molecule has 0 radical (unpaired) electrons. The molecule has 0 aromatic heterocycles. The molecule has 2 atom stereocenters. The van der Waals surface area contributed by atoms with Crippen molar-refractivity contribution in [3.05, 3.63) is 29.8 Å². The molecule has 0 amide bonds. The number of nitrogens with zero attached hydrogens (tertiary/aromatic N) is 1. The fourth-order valence-corrected chi connectivity index (χ4v) is 1.87. The topological polar surface area (TPSA) is 57.1 Å². The van der Waals surface area contributed by atoms with Crippen LogP contribution in [0.3, 0.4) is 0 Å². The predicted molar refractivity (Wildman–Crippen MR) is 65.6 cm³/mol. The molecule has 1 aliphatic rings. The van der Waals surface area contributed by atoms with Crippen LogP contribution in [0.4, 0.5) is 0 Å². The van der Waals surface area contributed by atoms with Gasteiger partial charge in [-0.25, -0.2) is 4.79 Å². The van der Waals surface area contributed by atoms with Crippen molar-refractivity contribution in [1.29, 1.82) is 0 Å². The van der Waals surface area contributed by atoms with Crippen molar-refractivity contribution >= 4 is 11.7 Å². The van der Waals surface area contributed by atoms with Gasteiger partial charge in [0.2, 0.25) is 6.10 Å². The molecule has 5 nitrogen and oxygen atoms in total. The normalized spacial score (nSPS) is 22.1. The lowest BCUT2D eigenvalue weighted by Gasteiger charge is -2.12. The highest BCUT2D eigenvalue weighted by atomic mass is 16.7. The summed E-state index contributed by atoms with van der Waals surface area (Å²) in [6, 6.07) is 7.46. The van der Waals surface area contributed by atoms with E-state index in [0.717, 1.165) is 17.0 Å². The summed E-state index contributed by atoms with van der Waals surface area (Å²) < 4.78 is 9.76. The molecule has 1 aromatic carbocycles. The number of oxime groups is 1. The largest absolute Gasteiger partial charge is 0.497 e. The Morgan fingerprint density at radius 3 is 2.50 bits per heavy atom. The molecule has 0 saturated heterocycles. The third kappa shape index (κ3) is 2.16. The van der Waals surface area contributed by atoms with Gasteiger partial charge in [-0.1, -0.05) is 12.1 Å². The van der Waals surface area contributed by atoms with Gasteiger partial charge in [0, 0.05) is 5.56 Å². The minimum absolute atomic E-state index is 0.133. The summed E-state index contributed by atoms with van der Waals surface area (Å²) in [6.07, 6.45) is -0.660. The van der Waals surface area contributed by atoms with Crippen molar-refractivity contribution in [1.82, 2.24) is 0 Å². The number of esters is 1. The highest BCUT2D eigenvalue weighted by Crippen LogP contribution is 2.24. The number of hydrogen-bond acceptors (Lipinski definition) is 5. The molecule has 18 heavy (non-hydrogen) atoms. The van der Waals surface area contributed by atoms with Crippen molar-refractivity contribution < 1.29 is 19.1 Å². The van der Waals surface area contributed by atoms with Gasteiger partial charge >= 0.3 is 5.97 Å². The fourth-order valence-electron chi connectivity index (χ4n) is 1.87. The second-order valence-corrected chi connectivity index (χ2v) is 4.04. The molecule has 2 unspecified atom stereocenters. The monoisotopic (exact) mass is 249 g/mol. The van der Waals surface area contributed by atoms with E-state index in [2.05, 4.69) is 9.89 Å². The summed E-state index contributed by atoms with van der Waals surface area (Å²) in [7, 11) is 2.95. The number of rotatable bonds is 3. The van der Waals surface area contributed by atoms with Crippen LogP contribution >= 0.6 is 0 Å². The first-order valence-electron chi connectivity index (χ1n) is 5.63. The number of hydrogen-bond donors (Lipinski definition) is 0. The zero-order valence-electron chi connectivity index (χ0n) is 10.5. The standard InChI is InChI=1S/C13H15NO4/c1-8-11(14-18-12(8)13(15)17-3)9-4-6-10(16-2)7-5-9/h4-8,12H,1-3H3. The first kappa shape index (κ1) is 12.4. The Labute approximate surface area is 105 Å². The lowest BCUT2D eigenvalue weighted by atomic mass is 9.94. The Balaban J connectivity index is 2.17. The minimum Gasteiger partial charge on any atom is -0.497 e. The molecule has 1 aliphatic heterocycles. The Hall–Kier alpha value is -2.04. The van der Waals surface area contributed by atoms with Crippen molar-refractivity contribution in [3.63, 3.8) is 0 Å². The maximum absolute atomic E-state index is 11.5. The lowest BCUT2D eigenvalue weighted by Crippen LogP contribution is -2.30. The van der Waals surface area contributed by atoms with Gasteiger partial charge in [0.25, 0.3) is 0 Å². The van der Waals surface area contributed by atoms with Gasteiger partial charge in [-0.15, -0.1) is 0 Å². The van der Waals surface area contributed by atoms with Gasteiger partial charge in [-0.3, -0.25) is 0 Å². The van der Waals surface area contributed by atoms with Gasteiger partial charge < -0.3 is 14.3 Å². The quantitative estimate of drug-likeness (QED) is 0.764. The number of benzene rings is 1. The summed E-state index contributed by atoms with van der Waals surface area (Å²) in [5.74, 6) is 0.232. The molecule has 0 saturated carbocycles. The van der Waals surface area contributed by atoms with Crippen LogP contribution in [0.2, 0.25) is 0 Å². The highest BCUT2D eigenvalue weighted by molar-refractivity contribution is 6.05. The van der Waals surface area contributed by atoms with Gasteiger partial charge in [-0.2, -0.15) is 0 Å². The Kier molecular flexibility index (Phi) is 3.50. The second kappa shape index (κ2) is 5.08. The molecule has 0 fully saturated rings. The molecule has 0 N–H and O–H groups in total. The van der Waals surface area contributed by atoms with E-state index in [1.54, 1.807) is 7.11 Å². The van der Waals surface area contributed by atoms with E-state index in [0.29, 0.717) is 0 Å². The first-order valence-corrected chi connectivity index (χ1v) is 5.63. The molecule has 5 heteroatoms.